The number of aromatic nitrogens is 2. The molecule has 36 heavy (non-hydrogen) atoms. The number of urea groups is 1. The summed E-state index contributed by atoms with van der Waals surface area (Å²) in [6.45, 7) is 4.81. The van der Waals surface area contributed by atoms with Gasteiger partial charge in [-0.2, -0.15) is 0 Å². The van der Waals surface area contributed by atoms with Gasteiger partial charge >= 0.3 is 6.03 Å². The van der Waals surface area contributed by atoms with Crippen molar-refractivity contribution in [3.63, 3.8) is 0 Å². The van der Waals surface area contributed by atoms with Crippen LogP contribution in [0.15, 0.2) is 79.1 Å². The second-order valence-electron chi connectivity index (χ2n) is 9.11. The van der Waals surface area contributed by atoms with E-state index < -0.39 is 0 Å². The fraction of sp³-hybridized carbons (Fsp3) is 0.250. The van der Waals surface area contributed by atoms with E-state index in [0.29, 0.717) is 12.1 Å². The number of para-hydroxylation sites is 1. The largest absolute Gasteiger partial charge is 0.348 e. The molecule has 0 saturated carbocycles. The number of carbonyl (C=O) groups is 2. The van der Waals surface area contributed by atoms with Gasteiger partial charge in [0.05, 0.1) is 11.2 Å². The van der Waals surface area contributed by atoms with Gasteiger partial charge in [0.25, 0.3) is 5.91 Å². The van der Waals surface area contributed by atoms with Crippen LogP contribution < -0.4 is 16.0 Å². The molecule has 0 bridgehead atoms. The summed E-state index contributed by atoms with van der Waals surface area (Å²) in [5, 5.41) is 9.94. The van der Waals surface area contributed by atoms with Gasteiger partial charge in [-0.3, -0.25) is 14.7 Å². The summed E-state index contributed by atoms with van der Waals surface area (Å²) in [5.74, 6) is -0.0571. The number of rotatable bonds is 7. The fourth-order valence-electron chi connectivity index (χ4n) is 4.62. The molecule has 8 nitrogen and oxygen atoms in total. The molecule has 1 aliphatic rings. The van der Waals surface area contributed by atoms with Gasteiger partial charge in [0.15, 0.2) is 0 Å². The zero-order valence-electron chi connectivity index (χ0n) is 20.3. The van der Waals surface area contributed by atoms with Crippen LogP contribution in [0.5, 0.6) is 0 Å². The molecule has 3 N–H and O–H groups in total. The summed E-state index contributed by atoms with van der Waals surface area (Å²) in [5.41, 5.74) is 4.13. The van der Waals surface area contributed by atoms with Gasteiger partial charge in [0, 0.05) is 66.9 Å². The maximum absolute atomic E-state index is 12.7. The van der Waals surface area contributed by atoms with E-state index >= 15 is 0 Å². The van der Waals surface area contributed by atoms with E-state index in [9.17, 15) is 9.59 Å². The van der Waals surface area contributed by atoms with E-state index in [-0.39, 0.29) is 18.0 Å². The molecule has 4 aromatic rings. The van der Waals surface area contributed by atoms with Crippen LogP contribution in [0.25, 0.3) is 16.6 Å². The first-order valence-electron chi connectivity index (χ1n) is 12.2. The van der Waals surface area contributed by atoms with Crippen molar-refractivity contribution >= 4 is 28.5 Å². The highest BCUT2D eigenvalue weighted by atomic mass is 16.2. The quantitative estimate of drug-likeness (QED) is 0.372. The number of benzene rings is 2. The summed E-state index contributed by atoms with van der Waals surface area (Å²) in [6, 6.07) is 21.0. The Bertz CT molecular complexity index is 1350. The lowest BCUT2D eigenvalue weighted by Crippen LogP contribution is -2.39. The van der Waals surface area contributed by atoms with E-state index in [0.717, 1.165) is 54.0 Å². The molecular formula is C28H30N6O2. The molecular weight excluding hydrogens is 452 g/mol. The van der Waals surface area contributed by atoms with Crippen LogP contribution in [-0.2, 0) is 0 Å². The summed E-state index contributed by atoms with van der Waals surface area (Å²) in [7, 11) is 0. The molecule has 3 amide bonds. The van der Waals surface area contributed by atoms with Crippen LogP contribution in [0.2, 0.25) is 0 Å². The minimum atomic E-state index is -0.238. The van der Waals surface area contributed by atoms with Gasteiger partial charge in [-0.15, -0.1) is 0 Å². The first kappa shape index (κ1) is 23.6. The number of pyridine rings is 1. The predicted molar refractivity (Wildman–Crippen MR) is 142 cm³/mol. The van der Waals surface area contributed by atoms with E-state index in [4.69, 9.17) is 0 Å². The summed E-state index contributed by atoms with van der Waals surface area (Å²) >= 11 is 0. The number of hydrogen-bond acceptors (Lipinski definition) is 4. The molecule has 1 atom stereocenters. The van der Waals surface area contributed by atoms with Crippen molar-refractivity contribution in [2.75, 3.05) is 31.5 Å². The first-order chi connectivity index (χ1) is 17.5. The maximum atomic E-state index is 12.7. The highest BCUT2D eigenvalue weighted by Crippen LogP contribution is 2.22. The van der Waals surface area contributed by atoms with Gasteiger partial charge in [0.2, 0.25) is 0 Å². The van der Waals surface area contributed by atoms with Crippen molar-refractivity contribution in [2.24, 2.45) is 0 Å². The van der Waals surface area contributed by atoms with Crippen LogP contribution in [0.4, 0.5) is 10.5 Å². The Morgan fingerprint density at radius 1 is 1.03 bits per heavy atom. The van der Waals surface area contributed by atoms with E-state index in [2.05, 4.69) is 25.8 Å². The molecule has 0 spiro atoms. The molecule has 1 fully saturated rings. The molecule has 0 radical (unpaired) electrons. The lowest BCUT2D eigenvalue weighted by molar-refractivity contribution is 0.0938. The van der Waals surface area contributed by atoms with Gasteiger partial charge in [-0.25, -0.2) is 4.79 Å². The number of anilines is 1. The monoisotopic (exact) mass is 482 g/mol. The second kappa shape index (κ2) is 10.6. The molecule has 2 aromatic carbocycles. The average molecular weight is 483 g/mol. The molecule has 2 aromatic heterocycles. The van der Waals surface area contributed by atoms with Crippen molar-refractivity contribution in [1.82, 2.24) is 25.1 Å². The van der Waals surface area contributed by atoms with Crippen LogP contribution in [0.3, 0.4) is 0 Å². The van der Waals surface area contributed by atoms with Gasteiger partial charge in [-0.05, 0) is 61.9 Å². The third-order valence-corrected chi connectivity index (χ3v) is 6.45. The molecule has 0 aliphatic carbocycles. The first-order valence-corrected chi connectivity index (χ1v) is 12.2. The SMILES string of the molecule is Cc1cc(NC(=O)NCCN2CCC(NC(=O)c3ccc(-n4cccc4)cc3)C2)c2ccccc2n1. The molecule has 184 valence electrons. The Morgan fingerprint density at radius 3 is 2.61 bits per heavy atom. The van der Waals surface area contributed by atoms with Gasteiger partial charge < -0.3 is 20.5 Å². The Labute approximate surface area is 210 Å². The van der Waals surface area contributed by atoms with Crippen LogP contribution >= 0.6 is 0 Å². The predicted octanol–water partition coefficient (Wildman–Crippen LogP) is 3.96. The lowest BCUT2D eigenvalue weighted by atomic mass is 10.1. The van der Waals surface area contributed by atoms with Crippen molar-refractivity contribution in [2.45, 2.75) is 19.4 Å². The van der Waals surface area contributed by atoms with Gasteiger partial charge in [-0.1, -0.05) is 18.2 Å². The molecule has 1 unspecified atom stereocenters. The number of carbonyl (C=O) groups excluding carboxylic acids is 2. The highest BCUT2D eigenvalue weighted by molar-refractivity contribution is 6.00. The number of hydrogen-bond donors (Lipinski definition) is 3. The van der Waals surface area contributed by atoms with Crippen molar-refractivity contribution in [3.05, 3.63) is 90.4 Å². The van der Waals surface area contributed by atoms with Crippen LogP contribution in [0.1, 0.15) is 22.5 Å². The number of fused-ring (bicyclic) bond motifs is 1. The number of nitrogens with zero attached hydrogens (tertiary/aromatic N) is 3. The second-order valence-corrected chi connectivity index (χ2v) is 9.11. The highest BCUT2D eigenvalue weighted by Gasteiger charge is 2.24. The fourth-order valence-corrected chi connectivity index (χ4v) is 4.62. The van der Waals surface area contributed by atoms with Crippen LogP contribution in [0, 0.1) is 6.92 Å². The Kier molecular flexibility index (Phi) is 6.95. The Hall–Kier alpha value is -4.17. The van der Waals surface area contributed by atoms with E-state index in [1.54, 1.807) is 0 Å². The minimum absolute atomic E-state index is 0.0571. The molecule has 1 saturated heterocycles. The maximum Gasteiger partial charge on any atom is 0.319 e. The van der Waals surface area contributed by atoms with E-state index in [1.807, 2.05) is 90.6 Å². The third-order valence-electron chi connectivity index (χ3n) is 6.45. The smallest absolute Gasteiger partial charge is 0.319 e. The van der Waals surface area contributed by atoms with E-state index in [1.165, 1.54) is 0 Å². The van der Waals surface area contributed by atoms with Crippen molar-refractivity contribution in [1.29, 1.82) is 0 Å². The molecule has 8 heteroatoms. The third kappa shape index (κ3) is 5.55. The Balaban J connectivity index is 1.06. The average Bonchev–Trinajstić information content (AvgIpc) is 3.57. The zero-order chi connectivity index (χ0) is 24.9. The van der Waals surface area contributed by atoms with Crippen LogP contribution in [-0.4, -0.2) is 58.6 Å². The van der Waals surface area contributed by atoms with Crippen molar-refractivity contribution < 1.29 is 9.59 Å². The number of amides is 3. The standard InChI is InChI=1S/C28H30N6O2/c1-20-18-26(24-6-2-3-7-25(24)30-20)32-28(36)29-13-17-33-16-12-22(19-33)31-27(35)21-8-10-23(11-9-21)34-14-4-5-15-34/h2-11,14-15,18,22H,12-13,16-17,19H2,1H3,(H,31,35)(H2,29,30,32,36). The van der Waals surface area contributed by atoms with Crippen molar-refractivity contribution in [3.8, 4) is 5.69 Å². The number of aryl methyl sites for hydroxylation is 1. The lowest BCUT2D eigenvalue weighted by Gasteiger charge is -2.17. The van der Waals surface area contributed by atoms with Gasteiger partial charge in [0.1, 0.15) is 0 Å². The summed E-state index contributed by atoms with van der Waals surface area (Å²) in [4.78, 5) is 31.9. The molecule has 5 rings (SSSR count). The minimum Gasteiger partial charge on any atom is -0.348 e. The molecule has 1 aliphatic heterocycles. The number of likely N-dealkylation sites (tertiary alicyclic amines) is 1. The summed E-state index contributed by atoms with van der Waals surface area (Å²) < 4.78 is 2.01. The zero-order valence-corrected chi connectivity index (χ0v) is 20.3. The Morgan fingerprint density at radius 2 is 1.81 bits per heavy atom. The summed E-state index contributed by atoms with van der Waals surface area (Å²) in [6.07, 6.45) is 4.84. The number of nitrogens with one attached hydrogen (secondary N) is 3. The topological polar surface area (TPSA) is 91.3 Å². The normalized spacial score (nSPS) is 15.6. The molecule has 3 heterocycles.